The Morgan fingerprint density at radius 1 is 1.31 bits per heavy atom. The predicted octanol–water partition coefficient (Wildman–Crippen LogP) is 1.70. The van der Waals surface area contributed by atoms with Crippen LogP contribution in [0, 0.1) is 0 Å². The van der Waals surface area contributed by atoms with E-state index >= 15 is 0 Å². The van der Waals surface area contributed by atoms with E-state index in [2.05, 4.69) is 5.32 Å². The van der Waals surface area contributed by atoms with E-state index in [1.807, 2.05) is 24.3 Å². The molecular weight excluding hydrogens is 202 g/mol. The van der Waals surface area contributed by atoms with Gasteiger partial charge in [0.05, 0.1) is 13.2 Å². The quantitative estimate of drug-likeness (QED) is 0.813. The molecule has 2 rings (SSSR count). The van der Waals surface area contributed by atoms with Gasteiger partial charge in [0.1, 0.15) is 5.75 Å². The van der Waals surface area contributed by atoms with Gasteiger partial charge in [0.25, 0.3) is 0 Å². The van der Waals surface area contributed by atoms with Crippen LogP contribution in [0.15, 0.2) is 24.3 Å². The second kappa shape index (κ2) is 5.32. The number of methoxy groups -OCH3 is 1. The Morgan fingerprint density at radius 2 is 2.06 bits per heavy atom. The van der Waals surface area contributed by atoms with Gasteiger partial charge in [0, 0.05) is 12.6 Å². The molecular formula is C13H19NO2. The fourth-order valence-corrected chi connectivity index (χ4v) is 2.17. The van der Waals surface area contributed by atoms with E-state index in [1.165, 1.54) is 5.56 Å². The van der Waals surface area contributed by atoms with E-state index < -0.39 is 0 Å². The van der Waals surface area contributed by atoms with Crippen molar-refractivity contribution in [1.29, 1.82) is 0 Å². The first-order valence-corrected chi connectivity index (χ1v) is 5.84. The third-order valence-electron chi connectivity index (χ3n) is 3.21. The number of ether oxygens (including phenoxy) is 1. The van der Waals surface area contributed by atoms with Crippen molar-refractivity contribution in [3.63, 3.8) is 0 Å². The molecule has 3 nitrogen and oxygen atoms in total. The lowest BCUT2D eigenvalue weighted by Gasteiger charge is -2.16. The van der Waals surface area contributed by atoms with E-state index in [0.29, 0.717) is 0 Å². The van der Waals surface area contributed by atoms with Crippen LogP contribution in [0.1, 0.15) is 24.8 Å². The number of rotatable bonds is 4. The molecule has 0 unspecified atom stereocenters. The average Bonchev–Trinajstić information content (AvgIpc) is 2.73. The van der Waals surface area contributed by atoms with Gasteiger partial charge in [0.15, 0.2) is 0 Å². The van der Waals surface area contributed by atoms with E-state index in [9.17, 15) is 5.11 Å². The maximum absolute atomic E-state index is 9.67. The van der Waals surface area contributed by atoms with Crippen molar-refractivity contribution in [3.8, 4) is 5.75 Å². The molecule has 1 aromatic rings. The van der Waals surface area contributed by atoms with Gasteiger partial charge in [-0.05, 0) is 37.0 Å². The smallest absolute Gasteiger partial charge is 0.118 e. The molecule has 0 bridgehead atoms. The van der Waals surface area contributed by atoms with Gasteiger partial charge < -0.3 is 15.2 Å². The van der Waals surface area contributed by atoms with E-state index in [-0.39, 0.29) is 12.1 Å². The summed E-state index contributed by atoms with van der Waals surface area (Å²) in [7, 11) is 1.67. The lowest BCUT2D eigenvalue weighted by atomic mass is 10.1. The van der Waals surface area contributed by atoms with Crippen LogP contribution in [0.2, 0.25) is 0 Å². The fourth-order valence-electron chi connectivity index (χ4n) is 2.17. The molecule has 1 fully saturated rings. The Hall–Kier alpha value is -1.06. The zero-order valence-corrected chi connectivity index (χ0v) is 9.65. The van der Waals surface area contributed by atoms with Crippen molar-refractivity contribution < 1.29 is 9.84 Å². The highest BCUT2D eigenvalue weighted by atomic mass is 16.5. The highest BCUT2D eigenvalue weighted by molar-refractivity contribution is 5.27. The molecule has 0 saturated heterocycles. The predicted molar refractivity (Wildman–Crippen MR) is 63.5 cm³/mol. The topological polar surface area (TPSA) is 41.5 Å². The molecule has 2 atom stereocenters. The van der Waals surface area contributed by atoms with Crippen LogP contribution < -0.4 is 10.1 Å². The fraction of sp³-hybridized carbons (Fsp3) is 0.538. The lowest BCUT2D eigenvalue weighted by molar-refractivity contribution is 0.148. The molecule has 16 heavy (non-hydrogen) atoms. The Labute approximate surface area is 96.4 Å². The standard InChI is InChI=1S/C13H19NO2/c1-16-11-7-5-10(6-8-11)9-14-12-3-2-4-13(12)15/h5-8,12-15H,2-4,9H2,1H3/t12-,13-/m1/s1. The SMILES string of the molecule is COc1ccc(CN[C@@H]2CCC[C@H]2O)cc1. The first-order chi connectivity index (χ1) is 7.79. The maximum atomic E-state index is 9.67. The van der Waals surface area contributed by atoms with Crippen molar-refractivity contribution >= 4 is 0 Å². The summed E-state index contributed by atoms with van der Waals surface area (Å²) in [6.07, 6.45) is 2.97. The van der Waals surface area contributed by atoms with Crippen LogP contribution in [0.4, 0.5) is 0 Å². The second-order valence-electron chi connectivity index (χ2n) is 4.33. The summed E-state index contributed by atoms with van der Waals surface area (Å²) in [5.74, 6) is 0.879. The van der Waals surface area contributed by atoms with Crippen LogP contribution in [0.5, 0.6) is 5.75 Å². The molecule has 0 amide bonds. The van der Waals surface area contributed by atoms with Crippen molar-refractivity contribution in [2.24, 2.45) is 0 Å². The molecule has 3 heteroatoms. The largest absolute Gasteiger partial charge is 0.497 e. The Balaban J connectivity index is 1.84. The number of hydrogen-bond acceptors (Lipinski definition) is 3. The summed E-state index contributed by atoms with van der Waals surface area (Å²) in [4.78, 5) is 0. The van der Waals surface area contributed by atoms with Gasteiger partial charge in [-0.1, -0.05) is 12.1 Å². The number of benzene rings is 1. The average molecular weight is 221 g/mol. The first-order valence-electron chi connectivity index (χ1n) is 5.84. The summed E-state index contributed by atoms with van der Waals surface area (Å²) >= 11 is 0. The van der Waals surface area contributed by atoms with Gasteiger partial charge in [-0.3, -0.25) is 0 Å². The second-order valence-corrected chi connectivity index (χ2v) is 4.33. The summed E-state index contributed by atoms with van der Waals surface area (Å²) in [6.45, 7) is 0.811. The third-order valence-corrected chi connectivity index (χ3v) is 3.21. The molecule has 88 valence electrons. The summed E-state index contributed by atoms with van der Waals surface area (Å²) < 4.78 is 5.10. The summed E-state index contributed by atoms with van der Waals surface area (Å²) in [5, 5.41) is 13.1. The number of aliphatic hydroxyl groups excluding tert-OH is 1. The minimum absolute atomic E-state index is 0.168. The molecule has 2 N–H and O–H groups in total. The molecule has 0 aliphatic heterocycles. The maximum Gasteiger partial charge on any atom is 0.118 e. The lowest BCUT2D eigenvalue weighted by Crippen LogP contribution is -2.34. The van der Waals surface area contributed by atoms with Gasteiger partial charge in [-0.15, -0.1) is 0 Å². The Kier molecular flexibility index (Phi) is 3.80. The monoisotopic (exact) mass is 221 g/mol. The van der Waals surface area contributed by atoms with Crippen molar-refractivity contribution in [3.05, 3.63) is 29.8 Å². The van der Waals surface area contributed by atoms with E-state index in [0.717, 1.165) is 31.6 Å². The number of hydrogen-bond donors (Lipinski definition) is 2. The number of nitrogens with one attached hydrogen (secondary N) is 1. The Bertz CT molecular complexity index is 323. The summed E-state index contributed by atoms with van der Waals surface area (Å²) in [5.41, 5.74) is 1.22. The van der Waals surface area contributed by atoms with Crippen molar-refractivity contribution in [2.75, 3.05) is 7.11 Å². The van der Waals surface area contributed by atoms with Crippen molar-refractivity contribution in [2.45, 2.75) is 38.0 Å². The van der Waals surface area contributed by atoms with Crippen LogP contribution in [0.3, 0.4) is 0 Å². The van der Waals surface area contributed by atoms with Gasteiger partial charge in [0.2, 0.25) is 0 Å². The third kappa shape index (κ3) is 2.74. The molecule has 0 heterocycles. The van der Waals surface area contributed by atoms with Crippen LogP contribution >= 0.6 is 0 Å². The molecule has 1 aliphatic rings. The van der Waals surface area contributed by atoms with E-state index in [1.54, 1.807) is 7.11 Å². The highest BCUT2D eigenvalue weighted by Crippen LogP contribution is 2.19. The highest BCUT2D eigenvalue weighted by Gasteiger charge is 2.24. The van der Waals surface area contributed by atoms with E-state index in [4.69, 9.17) is 4.74 Å². The molecule has 0 spiro atoms. The normalized spacial score (nSPS) is 24.6. The minimum atomic E-state index is -0.168. The van der Waals surface area contributed by atoms with Gasteiger partial charge >= 0.3 is 0 Å². The van der Waals surface area contributed by atoms with Crippen molar-refractivity contribution in [1.82, 2.24) is 5.32 Å². The van der Waals surface area contributed by atoms with Gasteiger partial charge in [-0.25, -0.2) is 0 Å². The minimum Gasteiger partial charge on any atom is -0.497 e. The van der Waals surface area contributed by atoms with Crippen LogP contribution in [0.25, 0.3) is 0 Å². The van der Waals surface area contributed by atoms with Crippen LogP contribution in [-0.2, 0) is 6.54 Å². The zero-order valence-electron chi connectivity index (χ0n) is 9.65. The first kappa shape index (κ1) is 11.4. The molecule has 0 aromatic heterocycles. The molecule has 1 aromatic carbocycles. The molecule has 1 saturated carbocycles. The Morgan fingerprint density at radius 3 is 2.62 bits per heavy atom. The number of aliphatic hydroxyl groups is 1. The summed E-state index contributed by atoms with van der Waals surface area (Å²) in [6, 6.07) is 8.28. The molecule has 0 radical (unpaired) electrons. The molecule has 1 aliphatic carbocycles. The van der Waals surface area contributed by atoms with Crippen LogP contribution in [-0.4, -0.2) is 24.4 Å². The van der Waals surface area contributed by atoms with Gasteiger partial charge in [-0.2, -0.15) is 0 Å². The zero-order chi connectivity index (χ0) is 11.4.